The van der Waals surface area contributed by atoms with Crippen molar-refractivity contribution in [3.8, 4) is 0 Å². The average Bonchev–Trinajstić information content (AvgIpc) is 3.37. The quantitative estimate of drug-likeness (QED) is 0.257. The maximum Gasteiger partial charge on any atom is 0.266 e. The first-order valence-corrected chi connectivity index (χ1v) is 11.9. The number of amides is 2. The molecule has 174 valence electrons. The van der Waals surface area contributed by atoms with Gasteiger partial charge >= 0.3 is 0 Å². The molecule has 1 aromatic heterocycles. The highest BCUT2D eigenvalue weighted by Crippen LogP contribution is 2.49. The van der Waals surface area contributed by atoms with Crippen molar-refractivity contribution < 1.29 is 14.4 Å². The molecule has 3 aromatic carbocycles. The maximum atomic E-state index is 13.9. The number of halogens is 2. The molecule has 6 rings (SSSR count). The predicted molar refractivity (Wildman–Crippen MR) is 135 cm³/mol. The fourth-order valence-electron chi connectivity index (χ4n) is 4.92. The van der Waals surface area contributed by atoms with Crippen LogP contribution in [0.5, 0.6) is 0 Å². The number of hydroxylamine groups is 1. The molecule has 0 aliphatic carbocycles. The summed E-state index contributed by atoms with van der Waals surface area (Å²) in [6.45, 7) is 1.78. The van der Waals surface area contributed by atoms with E-state index < -0.39 is 24.0 Å². The summed E-state index contributed by atoms with van der Waals surface area (Å²) in [5.41, 5.74) is 3.18. The van der Waals surface area contributed by atoms with Gasteiger partial charge in [0.15, 0.2) is 6.10 Å². The third-order valence-electron chi connectivity index (χ3n) is 6.63. The highest BCUT2D eigenvalue weighted by Gasteiger charge is 2.61. The lowest BCUT2D eigenvalue weighted by atomic mass is 9.90. The highest BCUT2D eigenvalue weighted by molar-refractivity contribution is 6.33. The molecule has 35 heavy (non-hydrogen) atoms. The molecule has 0 radical (unpaired) electrons. The molecule has 0 saturated carbocycles. The Labute approximate surface area is 211 Å². The summed E-state index contributed by atoms with van der Waals surface area (Å²) < 4.78 is 0. The summed E-state index contributed by atoms with van der Waals surface area (Å²) in [6.07, 6.45) is -1.01. The van der Waals surface area contributed by atoms with Crippen molar-refractivity contribution in [2.75, 3.05) is 9.96 Å². The molecule has 0 unspecified atom stereocenters. The summed E-state index contributed by atoms with van der Waals surface area (Å²) in [6, 6.07) is 23.4. The topological polar surface area (TPSA) is 62.7 Å². The van der Waals surface area contributed by atoms with E-state index in [9.17, 15) is 9.59 Å². The zero-order valence-electron chi connectivity index (χ0n) is 18.6. The molecule has 2 amide bonds. The van der Waals surface area contributed by atoms with E-state index in [1.807, 2.05) is 60.7 Å². The number of anilines is 2. The molecule has 0 bridgehead atoms. The van der Waals surface area contributed by atoms with Crippen molar-refractivity contribution in [2.24, 2.45) is 5.92 Å². The van der Waals surface area contributed by atoms with Crippen molar-refractivity contribution in [2.45, 2.75) is 19.1 Å². The number of nitrogens with zero attached hydrogens (tertiary/aromatic N) is 3. The molecule has 3 heterocycles. The van der Waals surface area contributed by atoms with E-state index in [0.717, 1.165) is 10.9 Å². The number of carbonyl (C=O) groups excluding carboxylic acids is 2. The third kappa shape index (κ3) is 3.40. The number of hydrogen-bond donors (Lipinski definition) is 0. The normalized spacial score (nSPS) is 21.7. The van der Waals surface area contributed by atoms with Crippen molar-refractivity contribution in [3.63, 3.8) is 0 Å². The standard InChI is InChI=1S/C27H19Cl2N3O3/c1-15-19(28)11-7-13-21(15)31-26(33)22-23(18-14-16-8-5-6-12-20(16)30-25(18)29)32(35-24(22)27(31)34)17-9-3-2-4-10-17/h2-14,22-24H,1H3/t22-,23-,24+/m1/s1. The minimum Gasteiger partial charge on any atom is -0.273 e. The summed E-state index contributed by atoms with van der Waals surface area (Å²) in [5.74, 6) is -1.61. The Hall–Kier alpha value is -3.45. The van der Waals surface area contributed by atoms with Crippen LogP contribution in [0.25, 0.3) is 10.9 Å². The van der Waals surface area contributed by atoms with Gasteiger partial charge in [-0.25, -0.2) is 14.9 Å². The largest absolute Gasteiger partial charge is 0.273 e. The predicted octanol–water partition coefficient (Wildman–Crippen LogP) is 5.90. The van der Waals surface area contributed by atoms with Gasteiger partial charge in [0, 0.05) is 16.0 Å². The minimum absolute atomic E-state index is 0.261. The van der Waals surface area contributed by atoms with Crippen LogP contribution in [-0.4, -0.2) is 22.9 Å². The molecule has 2 saturated heterocycles. The van der Waals surface area contributed by atoms with Gasteiger partial charge < -0.3 is 0 Å². The Kier molecular flexibility index (Phi) is 5.25. The molecule has 2 aliphatic rings. The second kappa shape index (κ2) is 8.34. The van der Waals surface area contributed by atoms with Crippen LogP contribution in [0, 0.1) is 12.8 Å². The Morgan fingerprint density at radius 1 is 0.886 bits per heavy atom. The van der Waals surface area contributed by atoms with E-state index in [1.165, 1.54) is 4.90 Å². The Morgan fingerprint density at radius 2 is 1.63 bits per heavy atom. The van der Waals surface area contributed by atoms with Crippen LogP contribution in [0.1, 0.15) is 17.2 Å². The number of rotatable bonds is 3. The van der Waals surface area contributed by atoms with Gasteiger partial charge in [-0.1, -0.05) is 65.7 Å². The van der Waals surface area contributed by atoms with Gasteiger partial charge in [-0.2, -0.15) is 0 Å². The number of benzene rings is 3. The molecule has 3 atom stereocenters. The minimum atomic E-state index is -1.01. The van der Waals surface area contributed by atoms with Gasteiger partial charge in [-0.15, -0.1) is 0 Å². The van der Waals surface area contributed by atoms with E-state index in [2.05, 4.69) is 4.98 Å². The van der Waals surface area contributed by atoms with Gasteiger partial charge in [-0.3, -0.25) is 14.4 Å². The second-order valence-corrected chi connectivity index (χ2v) is 9.38. The number of para-hydroxylation sites is 2. The molecule has 0 N–H and O–H groups in total. The van der Waals surface area contributed by atoms with Crippen LogP contribution < -0.4 is 9.96 Å². The number of carbonyl (C=O) groups is 2. The Balaban J connectivity index is 1.51. The third-order valence-corrected chi connectivity index (χ3v) is 7.34. The number of pyridine rings is 1. The van der Waals surface area contributed by atoms with Crippen LogP contribution in [-0.2, 0) is 14.4 Å². The summed E-state index contributed by atoms with van der Waals surface area (Å²) in [4.78, 5) is 39.4. The molecule has 8 heteroatoms. The lowest BCUT2D eigenvalue weighted by Gasteiger charge is -2.29. The SMILES string of the molecule is Cc1c(Cl)cccc1N1C(=O)[C@H]2[C@H](ON(c3ccccc3)[C@@H]2c2cc3ccccc3nc2Cl)C1=O. The van der Waals surface area contributed by atoms with Crippen LogP contribution in [0.4, 0.5) is 11.4 Å². The lowest BCUT2D eigenvalue weighted by molar-refractivity contribution is -0.126. The maximum absolute atomic E-state index is 13.9. The van der Waals surface area contributed by atoms with Crippen LogP contribution in [0.3, 0.4) is 0 Å². The first-order chi connectivity index (χ1) is 17.0. The number of imide groups is 1. The summed E-state index contributed by atoms with van der Waals surface area (Å²) in [7, 11) is 0. The van der Waals surface area contributed by atoms with Gasteiger partial charge in [0.2, 0.25) is 5.91 Å². The number of aromatic nitrogens is 1. The Bertz CT molecular complexity index is 1490. The Morgan fingerprint density at radius 3 is 2.43 bits per heavy atom. The highest BCUT2D eigenvalue weighted by atomic mass is 35.5. The van der Waals surface area contributed by atoms with E-state index in [0.29, 0.717) is 27.5 Å². The van der Waals surface area contributed by atoms with E-state index in [1.54, 1.807) is 30.2 Å². The molecule has 4 aromatic rings. The van der Waals surface area contributed by atoms with Gasteiger partial charge in [0.25, 0.3) is 5.91 Å². The monoisotopic (exact) mass is 503 g/mol. The second-order valence-electron chi connectivity index (χ2n) is 8.61. The van der Waals surface area contributed by atoms with Crippen molar-refractivity contribution >= 4 is 57.3 Å². The van der Waals surface area contributed by atoms with Crippen molar-refractivity contribution in [3.05, 3.63) is 100 Å². The van der Waals surface area contributed by atoms with Gasteiger partial charge in [0.05, 0.1) is 22.9 Å². The van der Waals surface area contributed by atoms with E-state index >= 15 is 0 Å². The molecule has 6 nitrogen and oxygen atoms in total. The molecule has 2 aliphatic heterocycles. The van der Waals surface area contributed by atoms with E-state index in [4.69, 9.17) is 28.0 Å². The lowest BCUT2D eigenvalue weighted by Crippen LogP contribution is -2.37. The first-order valence-electron chi connectivity index (χ1n) is 11.1. The number of hydrogen-bond acceptors (Lipinski definition) is 5. The zero-order chi connectivity index (χ0) is 24.3. The molecule has 0 spiro atoms. The first kappa shape index (κ1) is 22.0. The average molecular weight is 504 g/mol. The summed E-state index contributed by atoms with van der Waals surface area (Å²) >= 11 is 13.0. The van der Waals surface area contributed by atoms with E-state index in [-0.39, 0.29) is 11.1 Å². The summed E-state index contributed by atoms with van der Waals surface area (Å²) in [5, 5.41) is 3.23. The molecular weight excluding hydrogens is 485 g/mol. The van der Waals surface area contributed by atoms with Gasteiger partial charge in [0.1, 0.15) is 11.1 Å². The van der Waals surface area contributed by atoms with Gasteiger partial charge in [-0.05, 0) is 48.9 Å². The van der Waals surface area contributed by atoms with Crippen LogP contribution in [0.15, 0.2) is 78.9 Å². The van der Waals surface area contributed by atoms with Crippen molar-refractivity contribution in [1.82, 2.24) is 4.98 Å². The van der Waals surface area contributed by atoms with Crippen LogP contribution in [0.2, 0.25) is 10.2 Å². The smallest absolute Gasteiger partial charge is 0.266 e. The molecule has 2 fully saturated rings. The molecular formula is C27H19Cl2N3O3. The fourth-order valence-corrected chi connectivity index (χ4v) is 5.35. The van der Waals surface area contributed by atoms with Crippen LogP contribution >= 0.6 is 23.2 Å². The number of fused-ring (bicyclic) bond motifs is 2. The zero-order valence-corrected chi connectivity index (χ0v) is 20.1. The fraction of sp³-hybridized carbons (Fsp3) is 0.148. The van der Waals surface area contributed by atoms with Crippen molar-refractivity contribution in [1.29, 1.82) is 0 Å².